The van der Waals surface area contributed by atoms with Crippen LogP contribution in [0.2, 0.25) is 0 Å². The van der Waals surface area contributed by atoms with Crippen LogP contribution in [-0.2, 0) is 9.53 Å². The van der Waals surface area contributed by atoms with Crippen LogP contribution in [0.3, 0.4) is 0 Å². The molecule has 1 aromatic heterocycles. The molecule has 1 atom stereocenters. The van der Waals surface area contributed by atoms with E-state index in [0.29, 0.717) is 57.3 Å². The second-order valence-corrected chi connectivity index (χ2v) is 10.2. The molecule has 1 heterocycles. The van der Waals surface area contributed by atoms with E-state index < -0.39 is 12.0 Å². The van der Waals surface area contributed by atoms with Gasteiger partial charge < -0.3 is 34.7 Å². The Labute approximate surface area is 250 Å². The number of pyridine rings is 1. The van der Waals surface area contributed by atoms with Crippen molar-refractivity contribution in [2.75, 3.05) is 26.1 Å². The second-order valence-electron chi connectivity index (χ2n) is 10.2. The van der Waals surface area contributed by atoms with E-state index in [2.05, 4.69) is 10.3 Å². The summed E-state index contributed by atoms with van der Waals surface area (Å²) < 4.78 is 28.9. The Morgan fingerprint density at radius 3 is 2.40 bits per heavy atom. The average Bonchev–Trinajstić information content (AvgIpc) is 3.55. The molecule has 4 aromatic rings. The number of hydrogen-bond acceptors (Lipinski definition) is 9. The van der Waals surface area contributed by atoms with Crippen LogP contribution < -0.4 is 30.0 Å². The molecule has 10 nitrogen and oxygen atoms in total. The Kier molecular flexibility index (Phi) is 9.58. The number of methoxy groups -OCH3 is 2. The van der Waals surface area contributed by atoms with Gasteiger partial charge in [0, 0.05) is 41.4 Å². The molecule has 224 valence electrons. The number of benzene rings is 3. The number of nitrogens with one attached hydrogen (secondary N) is 1. The van der Waals surface area contributed by atoms with Crippen molar-refractivity contribution in [3.63, 3.8) is 0 Å². The fourth-order valence-corrected chi connectivity index (χ4v) is 4.90. The number of esters is 1. The Morgan fingerprint density at radius 1 is 0.907 bits per heavy atom. The number of amides is 1. The lowest BCUT2D eigenvalue weighted by atomic mass is 10.1. The highest BCUT2D eigenvalue weighted by atomic mass is 16.5. The van der Waals surface area contributed by atoms with Gasteiger partial charge in [-0.05, 0) is 62.1 Å². The molecule has 3 aromatic carbocycles. The highest BCUT2D eigenvalue weighted by Crippen LogP contribution is 2.40. The zero-order valence-electron chi connectivity index (χ0n) is 24.2. The van der Waals surface area contributed by atoms with E-state index >= 15 is 0 Å². The van der Waals surface area contributed by atoms with E-state index in [9.17, 15) is 9.59 Å². The summed E-state index contributed by atoms with van der Waals surface area (Å²) in [4.78, 5) is 29.4. The fourth-order valence-electron chi connectivity index (χ4n) is 4.90. The highest BCUT2D eigenvalue weighted by molar-refractivity contribution is 6.04. The van der Waals surface area contributed by atoms with Crippen molar-refractivity contribution in [1.29, 1.82) is 0 Å². The summed E-state index contributed by atoms with van der Waals surface area (Å²) in [5, 5.41) is 3.56. The zero-order valence-corrected chi connectivity index (χ0v) is 24.2. The van der Waals surface area contributed by atoms with Crippen LogP contribution in [0.4, 0.5) is 5.69 Å². The Balaban J connectivity index is 1.27. The summed E-state index contributed by atoms with van der Waals surface area (Å²) >= 11 is 0. The molecular formula is C33H35N3O7. The summed E-state index contributed by atoms with van der Waals surface area (Å²) in [5.74, 6) is 1.71. The summed E-state index contributed by atoms with van der Waals surface area (Å²) in [6, 6.07) is 18.6. The van der Waals surface area contributed by atoms with Gasteiger partial charge in [-0.25, -0.2) is 0 Å². The van der Waals surface area contributed by atoms with Crippen molar-refractivity contribution >= 4 is 28.5 Å². The van der Waals surface area contributed by atoms with Crippen LogP contribution in [0.5, 0.6) is 28.7 Å². The van der Waals surface area contributed by atoms with Gasteiger partial charge >= 0.3 is 5.97 Å². The predicted octanol–water partition coefficient (Wildman–Crippen LogP) is 5.88. The largest absolute Gasteiger partial charge is 0.493 e. The van der Waals surface area contributed by atoms with Gasteiger partial charge in [-0.15, -0.1) is 0 Å². The molecule has 0 spiro atoms. The van der Waals surface area contributed by atoms with Crippen LogP contribution in [0.25, 0.3) is 10.9 Å². The molecule has 0 bridgehead atoms. The topological polar surface area (TPSA) is 131 Å². The van der Waals surface area contributed by atoms with Gasteiger partial charge in [0.1, 0.15) is 17.9 Å². The number of aromatic nitrogens is 1. The zero-order chi connectivity index (χ0) is 30.2. The van der Waals surface area contributed by atoms with E-state index in [1.54, 1.807) is 74.0 Å². The van der Waals surface area contributed by atoms with E-state index in [-0.39, 0.29) is 18.6 Å². The summed E-state index contributed by atoms with van der Waals surface area (Å²) in [6.07, 6.45) is 5.84. The molecule has 1 amide bonds. The number of carbonyl (C=O) groups is 2. The first-order valence-electron chi connectivity index (χ1n) is 14.2. The van der Waals surface area contributed by atoms with Crippen LogP contribution in [0.1, 0.15) is 42.5 Å². The molecule has 43 heavy (non-hydrogen) atoms. The number of carbonyl (C=O) groups excluding carboxylic acids is 2. The number of hydrogen-bond donors (Lipinski definition) is 2. The summed E-state index contributed by atoms with van der Waals surface area (Å²) in [7, 11) is 3.07. The molecular weight excluding hydrogens is 550 g/mol. The molecule has 3 N–H and O–H groups in total. The number of nitrogens with two attached hydrogens (primary N) is 1. The second kappa shape index (κ2) is 13.9. The maximum Gasteiger partial charge on any atom is 0.323 e. The lowest BCUT2D eigenvalue weighted by Gasteiger charge is -2.17. The third kappa shape index (κ3) is 7.34. The normalized spacial score (nSPS) is 13.7. The van der Waals surface area contributed by atoms with E-state index in [1.165, 1.54) is 7.11 Å². The summed E-state index contributed by atoms with van der Waals surface area (Å²) in [6.45, 7) is 0.198. The van der Waals surface area contributed by atoms with Gasteiger partial charge in [0.15, 0.2) is 23.0 Å². The number of rotatable bonds is 12. The smallest absolute Gasteiger partial charge is 0.323 e. The third-order valence-corrected chi connectivity index (χ3v) is 7.24. The van der Waals surface area contributed by atoms with Crippen molar-refractivity contribution in [3.05, 3.63) is 78.5 Å². The number of fused-ring (bicyclic) bond motifs is 1. The van der Waals surface area contributed by atoms with Crippen molar-refractivity contribution in [2.45, 2.75) is 44.2 Å². The monoisotopic (exact) mass is 585 g/mol. The Hall–Kier alpha value is -4.83. The maximum absolute atomic E-state index is 12.6. The van der Waals surface area contributed by atoms with Crippen LogP contribution in [-0.4, -0.2) is 49.8 Å². The quantitative estimate of drug-likeness (QED) is 0.196. The van der Waals surface area contributed by atoms with Crippen LogP contribution in [0, 0.1) is 0 Å². The number of nitrogens with zero attached hydrogens (tertiary/aromatic N) is 1. The fraction of sp³-hybridized carbons (Fsp3) is 0.303. The van der Waals surface area contributed by atoms with Crippen LogP contribution in [0.15, 0.2) is 72.9 Å². The predicted molar refractivity (Wildman–Crippen MR) is 162 cm³/mol. The van der Waals surface area contributed by atoms with Gasteiger partial charge in [-0.2, -0.15) is 0 Å². The highest BCUT2D eigenvalue weighted by Gasteiger charge is 2.23. The molecule has 1 saturated carbocycles. The van der Waals surface area contributed by atoms with E-state index in [1.807, 2.05) is 6.07 Å². The van der Waals surface area contributed by atoms with Crippen molar-refractivity contribution in [2.24, 2.45) is 5.73 Å². The van der Waals surface area contributed by atoms with Crippen molar-refractivity contribution in [1.82, 2.24) is 4.98 Å². The van der Waals surface area contributed by atoms with Crippen molar-refractivity contribution < 1.29 is 33.3 Å². The number of ether oxygens (including phenoxy) is 5. The molecule has 0 saturated heterocycles. The molecule has 1 fully saturated rings. The molecule has 0 unspecified atom stereocenters. The molecule has 10 heteroatoms. The SMILES string of the molecule is COc1cc2c(Oc3ccc(NC(=O)c4ccccc4)cc3OC)ccnc2cc1OCC[C@H](N)C(=O)OC1CCCC1. The van der Waals surface area contributed by atoms with Crippen molar-refractivity contribution in [3.8, 4) is 28.7 Å². The molecule has 5 rings (SSSR count). The molecule has 0 aliphatic heterocycles. The first kappa shape index (κ1) is 29.7. The van der Waals surface area contributed by atoms with E-state index in [4.69, 9.17) is 29.4 Å². The molecule has 0 radical (unpaired) electrons. The van der Waals surface area contributed by atoms with Gasteiger partial charge in [0.05, 0.1) is 26.3 Å². The Morgan fingerprint density at radius 2 is 1.65 bits per heavy atom. The van der Waals surface area contributed by atoms with Gasteiger partial charge in [-0.3, -0.25) is 14.6 Å². The van der Waals surface area contributed by atoms with Crippen LogP contribution >= 0.6 is 0 Å². The first-order chi connectivity index (χ1) is 20.9. The maximum atomic E-state index is 12.6. The van der Waals surface area contributed by atoms with Gasteiger partial charge in [-0.1, -0.05) is 18.2 Å². The van der Waals surface area contributed by atoms with Gasteiger partial charge in [0.25, 0.3) is 5.91 Å². The Bertz CT molecular complexity index is 1570. The minimum atomic E-state index is -0.766. The summed E-state index contributed by atoms with van der Waals surface area (Å²) in [5.41, 5.74) is 7.78. The molecule has 1 aliphatic carbocycles. The minimum Gasteiger partial charge on any atom is -0.493 e. The van der Waals surface area contributed by atoms with E-state index in [0.717, 1.165) is 25.7 Å². The minimum absolute atomic E-state index is 0.0269. The molecule has 1 aliphatic rings. The lowest BCUT2D eigenvalue weighted by Crippen LogP contribution is -2.35. The number of anilines is 1. The lowest BCUT2D eigenvalue weighted by molar-refractivity contribution is -0.150. The van der Waals surface area contributed by atoms with Gasteiger partial charge in [0.2, 0.25) is 0 Å². The first-order valence-corrected chi connectivity index (χ1v) is 14.2. The third-order valence-electron chi connectivity index (χ3n) is 7.24. The average molecular weight is 586 g/mol. The standard InChI is InChI=1S/C33H35N3O7/c1-39-29-18-22(36-32(37)21-8-4-3-5-9-21)12-13-28(29)43-27-14-16-35-26-20-31(30(40-2)19-24(26)27)41-17-15-25(34)33(38)42-23-10-6-7-11-23/h3-5,8-9,12-14,16,18-20,23,25H,6-7,10-11,15,17,34H2,1-2H3,(H,36,37)/t25-/m0/s1.